The first-order valence-corrected chi connectivity index (χ1v) is 5.41. The molecule has 1 aromatic heterocycles. The van der Waals surface area contributed by atoms with E-state index in [0.29, 0.717) is 0 Å². The summed E-state index contributed by atoms with van der Waals surface area (Å²) in [5, 5.41) is 11.7. The summed E-state index contributed by atoms with van der Waals surface area (Å²) >= 11 is 0. The molecule has 2 aromatic rings. The Kier molecular flexibility index (Phi) is 7.45. The van der Waals surface area contributed by atoms with E-state index in [-0.39, 0.29) is 47.2 Å². The summed E-state index contributed by atoms with van der Waals surface area (Å²) in [5.74, 6) is -1.61. The molecule has 2 rings (SSSR count). The second-order valence-corrected chi connectivity index (χ2v) is 3.65. The molecule has 0 radical (unpaired) electrons. The molecule has 106 valence electrons. The first-order valence-electron chi connectivity index (χ1n) is 5.41. The van der Waals surface area contributed by atoms with Crippen molar-refractivity contribution in [2.24, 2.45) is 0 Å². The van der Waals surface area contributed by atoms with Gasteiger partial charge in [-0.05, 0) is 24.3 Å². The molecule has 0 bridgehead atoms. The molecular weight excluding hydrogens is 274 g/mol. The van der Waals surface area contributed by atoms with Crippen LogP contribution in [-0.4, -0.2) is 28.6 Å². The van der Waals surface area contributed by atoms with E-state index in [1.807, 2.05) is 0 Å². The summed E-state index contributed by atoms with van der Waals surface area (Å²) < 4.78 is 18.8. The number of nitrogens with one attached hydrogen (secondary N) is 1. The quantitative estimate of drug-likeness (QED) is 0.735. The fourth-order valence-electron chi connectivity index (χ4n) is 1.57. The summed E-state index contributed by atoms with van der Waals surface area (Å²) in [6.45, 7) is 0. The van der Waals surface area contributed by atoms with Crippen molar-refractivity contribution in [1.29, 1.82) is 0 Å². The summed E-state index contributed by atoms with van der Waals surface area (Å²) in [6, 6.07) is 7.41. The molecule has 0 aliphatic heterocycles. The molecule has 0 fully saturated rings. The monoisotopic (exact) mass is 286 g/mol. The Balaban J connectivity index is 0.00000200. The molecule has 0 amide bonds. The van der Waals surface area contributed by atoms with Crippen molar-refractivity contribution in [2.45, 2.75) is 0 Å². The van der Waals surface area contributed by atoms with Gasteiger partial charge >= 0.3 is 24.8 Å². The molecule has 0 saturated heterocycles. The van der Waals surface area contributed by atoms with Gasteiger partial charge in [-0.2, -0.15) is 0 Å². The van der Waals surface area contributed by atoms with Gasteiger partial charge in [0.25, 0.3) is 0 Å². The molecule has 3 N–H and O–H groups in total. The number of nitrogens with zero attached hydrogens (tertiary/aromatic N) is 1. The Morgan fingerprint density at radius 1 is 1.33 bits per heavy atom. The van der Waals surface area contributed by atoms with E-state index in [1.165, 1.54) is 37.6 Å². The Hall–Kier alpha value is -2.07. The van der Waals surface area contributed by atoms with E-state index >= 15 is 0 Å². The number of hydrogen-bond donors (Lipinski definition) is 2. The van der Waals surface area contributed by atoms with Crippen molar-refractivity contribution in [3.8, 4) is 5.75 Å². The third-order valence-corrected chi connectivity index (χ3v) is 2.47. The topological polar surface area (TPSA) is 101 Å². The smallest absolute Gasteiger partial charge is 0.870 e. The van der Waals surface area contributed by atoms with E-state index in [1.54, 1.807) is 6.07 Å². The maximum Gasteiger partial charge on any atom is 1.00 e. The maximum atomic E-state index is 13.9. The largest absolute Gasteiger partial charge is 1.00 e. The van der Waals surface area contributed by atoms with Gasteiger partial charge < -0.3 is 20.6 Å². The van der Waals surface area contributed by atoms with Crippen LogP contribution < -0.4 is 28.9 Å². The number of carboxylic acid groups (broad SMARTS) is 1. The average Bonchev–Trinajstić information content (AvgIpc) is 2.41. The predicted octanol–water partition coefficient (Wildman–Crippen LogP) is -0.502. The summed E-state index contributed by atoms with van der Waals surface area (Å²) in [4.78, 5) is 14.9. The number of carboxylic acids is 1. The van der Waals surface area contributed by atoms with Crippen LogP contribution in [0.5, 0.6) is 5.75 Å². The third-order valence-electron chi connectivity index (χ3n) is 2.47. The molecule has 0 aliphatic carbocycles. The van der Waals surface area contributed by atoms with Gasteiger partial charge in [-0.1, -0.05) is 6.07 Å². The number of anilines is 2. The van der Waals surface area contributed by atoms with Gasteiger partial charge in [0.15, 0.2) is 11.6 Å². The number of benzene rings is 1. The first kappa shape index (κ1) is 18.9. The fraction of sp³-hybridized carbons (Fsp3) is 0.0769. The molecule has 0 unspecified atom stereocenters. The number of carbonyl (C=O) groups is 1. The van der Waals surface area contributed by atoms with Gasteiger partial charge in [0.2, 0.25) is 0 Å². The van der Waals surface area contributed by atoms with Crippen LogP contribution in [0.25, 0.3) is 0 Å². The summed E-state index contributed by atoms with van der Waals surface area (Å²) in [7, 11) is 1.35. The Morgan fingerprint density at radius 3 is 2.67 bits per heavy atom. The number of aromatic carboxylic acids is 1. The second-order valence-electron chi connectivity index (χ2n) is 3.65. The van der Waals surface area contributed by atoms with Crippen LogP contribution in [0.15, 0.2) is 36.5 Å². The van der Waals surface area contributed by atoms with Crippen LogP contribution >= 0.6 is 0 Å². The van der Waals surface area contributed by atoms with Crippen LogP contribution in [0.2, 0.25) is 0 Å². The molecule has 21 heavy (non-hydrogen) atoms. The zero-order valence-electron chi connectivity index (χ0n) is 11.5. The first-order chi connectivity index (χ1) is 9.13. The molecule has 1 aromatic carbocycles. The number of methoxy groups -OCH3 is 1. The van der Waals surface area contributed by atoms with Gasteiger partial charge in [0.1, 0.15) is 11.4 Å². The van der Waals surface area contributed by atoms with Gasteiger partial charge in [0.05, 0.1) is 12.8 Å². The molecule has 6 nitrogen and oxygen atoms in total. The van der Waals surface area contributed by atoms with Crippen molar-refractivity contribution >= 4 is 17.5 Å². The zero-order valence-corrected chi connectivity index (χ0v) is 11.5. The minimum Gasteiger partial charge on any atom is -0.870 e. The molecule has 0 atom stereocenters. The molecule has 0 aliphatic rings. The number of pyridine rings is 1. The standard InChI is InChI=1S/C13H11FN2O3.Li.H2O/c1-19-10-6-2-5-9(11(10)14)16-12-8(13(17)18)4-3-7-15-12;;/h2-7H,1H3,(H,15,16)(H,17,18);;1H2/q;+1;/p-1. The minimum absolute atomic E-state index is 0. The van der Waals surface area contributed by atoms with Crippen LogP contribution in [0.3, 0.4) is 0 Å². The van der Waals surface area contributed by atoms with E-state index < -0.39 is 11.8 Å². The normalized spacial score (nSPS) is 9.05. The molecule has 8 heteroatoms. The van der Waals surface area contributed by atoms with Crippen molar-refractivity contribution < 1.29 is 43.4 Å². The van der Waals surface area contributed by atoms with E-state index in [2.05, 4.69) is 10.3 Å². The Labute approximate surface area is 132 Å². The van der Waals surface area contributed by atoms with Crippen LogP contribution in [0.1, 0.15) is 10.4 Å². The maximum absolute atomic E-state index is 13.9. The molecular formula is C13H12FLiN2O4. The summed E-state index contributed by atoms with van der Waals surface area (Å²) in [6.07, 6.45) is 1.42. The average molecular weight is 286 g/mol. The number of aromatic nitrogens is 1. The molecule has 1 heterocycles. The van der Waals surface area contributed by atoms with Crippen LogP contribution in [0.4, 0.5) is 15.9 Å². The van der Waals surface area contributed by atoms with Crippen LogP contribution in [-0.2, 0) is 0 Å². The molecule has 0 spiro atoms. The van der Waals surface area contributed by atoms with Gasteiger partial charge in [0, 0.05) is 6.20 Å². The summed E-state index contributed by atoms with van der Waals surface area (Å²) in [5.41, 5.74) is 0.0604. The van der Waals surface area contributed by atoms with Crippen molar-refractivity contribution in [3.63, 3.8) is 0 Å². The number of hydrogen-bond acceptors (Lipinski definition) is 5. The van der Waals surface area contributed by atoms with Gasteiger partial charge in [-0.15, -0.1) is 0 Å². The SMILES string of the molecule is COc1cccc(Nc2ncccc2C(=O)O)c1F.[Li+].[OH-]. The molecule has 0 saturated carbocycles. The fourth-order valence-corrected chi connectivity index (χ4v) is 1.57. The van der Waals surface area contributed by atoms with Crippen molar-refractivity contribution in [2.75, 3.05) is 12.4 Å². The minimum atomic E-state index is -1.14. The van der Waals surface area contributed by atoms with Crippen LogP contribution in [0, 0.1) is 5.82 Å². The van der Waals surface area contributed by atoms with Gasteiger partial charge in [-0.3, -0.25) is 0 Å². The number of ether oxygens (including phenoxy) is 1. The Morgan fingerprint density at radius 2 is 2.05 bits per heavy atom. The van der Waals surface area contributed by atoms with Gasteiger partial charge in [-0.25, -0.2) is 14.2 Å². The number of halogens is 1. The second kappa shape index (κ2) is 8.27. The third kappa shape index (κ3) is 4.19. The van der Waals surface area contributed by atoms with Crippen molar-refractivity contribution in [1.82, 2.24) is 4.98 Å². The predicted molar refractivity (Wildman–Crippen MR) is 69.4 cm³/mol. The zero-order chi connectivity index (χ0) is 13.8. The number of rotatable bonds is 4. The van der Waals surface area contributed by atoms with E-state index in [0.717, 1.165) is 0 Å². The van der Waals surface area contributed by atoms with Crippen molar-refractivity contribution in [3.05, 3.63) is 47.9 Å². The Bertz CT molecular complexity index is 625. The van der Waals surface area contributed by atoms with E-state index in [4.69, 9.17) is 9.84 Å². The van der Waals surface area contributed by atoms with E-state index in [9.17, 15) is 9.18 Å².